The molecule has 0 saturated carbocycles. The number of rotatable bonds is 2. The Morgan fingerprint density at radius 2 is 1.64 bits per heavy atom. The molecule has 1 aliphatic rings. The van der Waals surface area contributed by atoms with Gasteiger partial charge < -0.3 is 0 Å². The summed E-state index contributed by atoms with van der Waals surface area (Å²) in [5.41, 5.74) is 7.68. The maximum absolute atomic E-state index is 12.9. The number of nitrogens with one attached hydrogen (secondary N) is 2. The number of hydrogen-bond donors (Lipinski definition) is 2. The third kappa shape index (κ3) is 2.67. The molecule has 0 radical (unpaired) electrons. The fourth-order valence-electron chi connectivity index (χ4n) is 3.42. The Morgan fingerprint density at radius 3 is 2.39 bits per heavy atom. The molecule has 1 atom stereocenters. The van der Waals surface area contributed by atoms with Gasteiger partial charge in [0, 0.05) is 11.6 Å². The van der Waals surface area contributed by atoms with Crippen LogP contribution in [0.3, 0.4) is 0 Å². The van der Waals surface area contributed by atoms with Crippen molar-refractivity contribution in [3.8, 4) is 11.3 Å². The van der Waals surface area contributed by atoms with E-state index in [1.807, 2.05) is 60.7 Å². The number of fused-ring (bicyclic) bond motifs is 3. The molecule has 0 aliphatic carbocycles. The topological polar surface area (TPSA) is 93.3 Å². The van der Waals surface area contributed by atoms with Crippen molar-refractivity contribution in [2.75, 3.05) is 0 Å². The zero-order valence-corrected chi connectivity index (χ0v) is 14.7. The van der Waals surface area contributed by atoms with E-state index in [9.17, 15) is 9.59 Å². The van der Waals surface area contributed by atoms with Crippen LogP contribution in [0, 0.1) is 0 Å². The number of carbonyl (C=O) groups excluding carboxylic acids is 1. The maximum Gasteiger partial charge on any atom is 0.274 e. The van der Waals surface area contributed by atoms with Crippen molar-refractivity contribution in [3.05, 3.63) is 88.5 Å². The molecule has 2 aromatic carbocycles. The van der Waals surface area contributed by atoms with Gasteiger partial charge in [-0.3, -0.25) is 19.7 Å². The minimum absolute atomic E-state index is 0.0333. The van der Waals surface area contributed by atoms with E-state index in [1.165, 1.54) is 10.6 Å². The molecular formula is C20H16N6O2. The van der Waals surface area contributed by atoms with Crippen LogP contribution >= 0.6 is 0 Å². The minimum atomic E-state index is -0.408. The lowest BCUT2D eigenvalue weighted by atomic mass is 10.1. The predicted molar refractivity (Wildman–Crippen MR) is 102 cm³/mol. The second kappa shape index (κ2) is 6.43. The summed E-state index contributed by atoms with van der Waals surface area (Å²) in [6.45, 7) is -0.0333. The van der Waals surface area contributed by atoms with Crippen molar-refractivity contribution >= 4 is 11.7 Å². The lowest BCUT2D eigenvalue weighted by Gasteiger charge is -2.15. The molecule has 138 valence electrons. The molecule has 8 nitrogen and oxygen atoms in total. The summed E-state index contributed by atoms with van der Waals surface area (Å²) in [7, 11) is 0. The number of aromatic nitrogens is 4. The molecule has 2 aromatic heterocycles. The Morgan fingerprint density at radius 1 is 0.929 bits per heavy atom. The molecular weight excluding hydrogens is 356 g/mol. The van der Waals surface area contributed by atoms with Gasteiger partial charge in [-0.25, -0.2) is 10.4 Å². The van der Waals surface area contributed by atoms with Crippen LogP contribution in [0.5, 0.6) is 0 Å². The van der Waals surface area contributed by atoms with Crippen molar-refractivity contribution in [1.82, 2.24) is 30.0 Å². The van der Waals surface area contributed by atoms with E-state index in [0.717, 1.165) is 11.1 Å². The van der Waals surface area contributed by atoms with E-state index in [1.54, 1.807) is 4.68 Å². The summed E-state index contributed by atoms with van der Waals surface area (Å²) in [4.78, 5) is 34.3. The average Bonchev–Trinajstić information content (AvgIpc) is 2.99. The first-order valence-electron chi connectivity index (χ1n) is 8.86. The van der Waals surface area contributed by atoms with E-state index < -0.39 is 6.04 Å². The number of hydrogen-bond acceptors (Lipinski definition) is 5. The zero-order chi connectivity index (χ0) is 19.1. The van der Waals surface area contributed by atoms with Crippen LogP contribution < -0.4 is 16.4 Å². The Kier molecular flexibility index (Phi) is 3.77. The first kappa shape index (κ1) is 16.4. The number of nitrogens with zero attached hydrogens (tertiary/aromatic N) is 4. The molecule has 0 spiro atoms. The Bertz CT molecular complexity index is 1230. The van der Waals surface area contributed by atoms with Crippen LogP contribution in [0.15, 0.2) is 71.5 Å². The van der Waals surface area contributed by atoms with Gasteiger partial charge in [0.2, 0.25) is 0 Å². The molecule has 2 N–H and O–H groups in total. The standard InChI is InChI=1S/C20H16N6O2/c27-16-12-25-19(18(24-23-16)14-9-5-2-6-10-14)22-20-21-15(11-17(28)26(20)25)13-7-3-1-4-8-13/h1-11,18,24H,12H2,(H,23,27). The van der Waals surface area contributed by atoms with Gasteiger partial charge in [0.25, 0.3) is 17.2 Å². The summed E-state index contributed by atoms with van der Waals surface area (Å²) in [6.07, 6.45) is 0. The molecule has 28 heavy (non-hydrogen) atoms. The lowest BCUT2D eigenvalue weighted by Crippen LogP contribution is -2.39. The smallest absolute Gasteiger partial charge is 0.274 e. The number of carbonyl (C=O) groups is 1. The molecule has 0 fully saturated rings. The summed E-state index contributed by atoms with van der Waals surface area (Å²) in [5.74, 6) is 0.538. The number of amides is 1. The Hall–Kier alpha value is -3.78. The Balaban J connectivity index is 1.74. The van der Waals surface area contributed by atoms with Crippen LogP contribution in [-0.4, -0.2) is 25.1 Å². The van der Waals surface area contributed by atoms with Gasteiger partial charge in [-0.2, -0.15) is 9.50 Å². The fourth-order valence-corrected chi connectivity index (χ4v) is 3.42. The van der Waals surface area contributed by atoms with Crippen molar-refractivity contribution in [1.29, 1.82) is 0 Å². The molecule has 1 unspecified atom stereocenters. The third-order valence-corrected chi connectivity index (χ3v) is 4.71. The van der Waals surface area contributed by atoms with Crippen molar-refractivity contribution in [2.24, 2.45) is 0 Å². The monoisotopic (exact) mass is 372 g/mol. The first-order chi connectivity index (χ1) is 13.7. The van der Waals surface area contributed by atoms with Crippen molar-refractivity contribution in [3.63, 3.8) is 0 Å². The normalized spacial score (nSPS) is 16.4. The van der Waals surface area contributed by atoms with Crippen LogP contribution in [0.2, 0.25) is 0 Å². The second-order valence-corrected chi connectivity index (χ2v) is 6.52. The van der Waals surface area contributed by atoms with Gasteiger partial charge >= 0.3 is 0 Å². The van der Waals surface area contributed by atoms with Gasteiger partial charge in [0.05, 0.1) is 5.69 Å². The molecule has 5 rings (SSSR count). The highest BCUT2D eigenvalue weighted by molar-refractivity contribution is 5.75. The van der Waals surface area contributed by atoms with E-state index in [2.05, 4.69) is 20.8 Å². The van der Waals surface area contributed by atoms with Crippen LogP contribution in [0.1, 0.15) is 17.4 Å². The highest BCUT2D eigenvalue weighted by atomic mass is 16.2. The molecule has 1 amide bonds. The van der Waals surface area contributed by atoms with E-state index >= 15 is 0 Å². The molecule has 3 heterocycles. The van der Waals surface area contributed by atoms with Gasteiger partial charge in [-0.05, 0) is 5.56 Å². The summed E-state index contributed by atoms with van der Waals surface area (Å²) >= 11 is 0. The largest absolute Gasteiger partial charge is 0.289 e. The van der Waals surface area contributed by atoms with E-state index in [4.69, 9.17) is 0 Å². The quantitative estimate of drug-likeness (QED) is 0.553. The third-order valence-electron chi connectivity index (χ3n) is 4.71. The molecule has 0 saturated heterocycles. The minimum Gasteiger partial charge on any atom is -0.289 e. The Labute approximate surface area is 159 Å². The van der Waals surface area contributed by atoms with Crippen molar-refractivity contribution < 1.29 is 4.79 Å². The summed E-state index contributed by atoms with van der Waals surface area (Å²) in [6, 6.07) is 20.1. The average molecular weight is 372 g/mol. The number of hydrazine groups is 1. The van der Waals surface area contributed by atoms with Crippen LogP contribution in [-0.2, 0) is 11.3 Å². The van der Waals surface area contributed by atoms with E-state index in [0.29, 0.717) is 11.5 Å². The molecule has 4 aromatic rings. The van der Waals surface area contributed by atoms with E-state index in [-0.39, 0.29) is 23.8 Å². The summed E-state index contributed by atoms with van der Waals surface area (Å²) < 4.78 is 2.93. The highest BCUT2D eigenvalue weighted by Gasteiger charge is 2.28. The lowest BCUT2D eigenvalue weighted by molar-refractivity contribution is -0.122. The first-order valence-corrected chi connectivity index (χ1v) is 8.86. The second-order valence-electron chi connectivity index (χ2n) is 6.52. The molecule has 8 heteroatoms. The van der Waals surface area contributed by atoms with Gasteiger partial charge in [0.1, 0.15) is 12.6 Å². The van der Waals surface area contributed by atoms with Crippen LogP contribution in [0.25, 0.3) is 17.0 Å². The predicted octanol–water partition coefficient (Wildman–Crippen LogP) is 1.28. The highest BCUT2D eigenvalue weighted by Crippen LogP contribution is 2.23. The summed E-state index contributed by atoms with van der Waals surface area (Å²) in [5, 5.41) is 0. The van der Waals surface area contributed by atoms with Gasteiger partial charge in [-0.1, -0.05) is 60.7 Å². The molecule has 1 aliphatic heterocycles. The SMILES string of the molecule is O=C1Cn2c(nc3nc(-c4ccccc4)cc(=O)n32)C(c2ccccc2)NN1. The van der Waals surface area contributed by atoms with Crippen LogP contribution in [0.4, 0.5) is 0 Å². The maximum atomic E-state index is 12.9. The van der Waals surface area contributed by atoms with Gasteiger partial charge in [-0.15, -0.1) is 0 Å². The molecule has 0 bridgehead atoms. The fraction of sp³-hybridized carbons (Fsp3) is 0.100. The van der Waals surface area contributed by atoms with Crippen molar-refractivity contribution in [2.45, 2.75) is 12.6 Å². The zero-order valence-electron chi connectivity index (χ0n) is 14.7. The van der Waals surface area contributed by atoms with Gasteiger partial charge in [0.15, 0.2) is 5.82 Å². The number of benzene rings is 2.